The van der Waals surface area contributed by atoms with Crippen LogP contribution in [-0.2, 0) is 19.1 Å². The van der Waals surface area contributed by atoms with Gasteiger partial charge >= 0.3 is 5.97 Å². The Morgan fingerprint density at radius 2 is 1.97 bits per heavy atom. The summed E-state index contributed by atoms with van der Waals surface area (Å²) in [6, 6.07) is 13.8. The lowest BCUT2D eigenvalue weighted by molar-refractivity contribution is -0.142. The van der Waals surface area contributed by atoms with Gasteiger partial charge in [-0.25, -0.2) is 0 Å². The predicted octanol–water partition coefficient (Wildman–Crippen LogP) is 3.57. The first kappa shape index (κ1) is 20.4. The maximum absolute atomic E-state index is 12.8. The number of ether oxygens (including phenoxy) is 1. The summed E-state index contributed by atoms with van der Waals surface area (Å²) in [6.45, 7) is 1.77. The summed E-state index contributed by atoms with van der Waals surface area (Å²) >= 11 is 5.94. The Morgan fingerprint density at radius 1 is 1.17 bits per heavy atom. The van der Waals surface area contributed by atoms with E-state index in [1.54, 1.807) is 55.5 Å². The molecular weight excluding hydrogens is 394 g/mol. The molecule has 0 saturated heterocycles. The van der Waals surface area contributed by atoms with Gasteiger partial charge in [0.1, 0.15) is 6.54 Å². The largest absolute Gasteiger partial charge is 0.466 e. The number of carbonyl (C=O) groups excluding carboxylic acids is 3. The SMILES string of the molecule is CCOC(=O)CC1=CC(=O)N(CC(=O)Nc2cccc(Cl)c2)c2ccccc2N1. The van der Waals surface area contributed by atoms with Crippen molar-refractivity contribution in [1.29, 1.82) is 0 Å². The van der Waals surface area contributed by atoms with Gasteiger partial charge in [-0.3, -0.25) is 19.3 Å². The molecule has 0 spiro atoms. The highest BCUT2D eigenvalue weighted by atomic mass is 35.5. The molecule has 8 heteroatoms. The molecule has 3 rings (SSSR count). The van der Waals surface area contributed by atoms with Crippen LogP contribution in [0.4, 0.5) is 17.1 Å². The molecule has 0 atom stereocenters. The number of benzene rings is 2. The van der Waals surface area contributed by atoms with Gasteiger partial charge in [-0.2, -0.15) is 0 Å². The molecule has 2 N–H and O–H groups in total. The second kappa shape index (κ2) is 9.25. The molecule has 2 aromatic carbocycles. The van der Waals surface area contributed by atoms with E-state index >= 15 is 0 Å². The number of hydrogen-bond acceptors (Lipinski definition) is 5. The van der Waals surface area contributed by atoms with Gasteiger partial charge in [0, 0.05) is 22.5 Å². The predicted molar refractivity (Wildman–Crippen MR) is 112 cm³/mol. The third-order valence-corrected chi connectivity index (χ3v) is 4.34. The van der Waals surface area contributed by atoms with Gasteiger partial charge < -0.3 is 15.4 Å². The first-order valence-corrected chi connectivity index (χ1v) is 9.43. The van der Waals surface area contributed by atoms with Crippen molar-refractivity contribution in [1.82, 2.24) is 0 Å². The van der Waals surface area contributed by atoms with E-state index in [1.165, 1.54) is 11.0 Å². The Balaban J connectivity index is 1.81. The van der Waals surface area contributed by atoms with E-state index in [-0.39, 0.29) is 25.5 Å². The summed E-state index contributed by atoms with van der Waals surface area (Å²) < 4.78 is 4.96. The minimum absolute atomic E-state index is 0.0730. The molecule has 0 aromatic heterocycles. The molecular formula is C21H20ClN3O4. The number of anilines is 3. The number of halogens is 1. The number of nitrogens with one attached hydrogen (secondary N) is 2. The van der Waals surface area contributed by atoms with Crippen LogP contribution in [-0.4, -0.2) is 30.9 Å². The van der Waals surface area contributed by atoms with E-state index in [1.807, 2.05) is 0 Å². The normalized spacial score (nSPS) is 13.0. The summed E-state index contributed by atoms with van der Waals surface area (Å²) in [4.78, 5) is 38.5. The summed E-state index contributed by atoms with van der Waals surface area (Å²) in [5.41, 5.74) is 2.09. The van der Waals surface area contributed by atoms with Crippen LogP contribution in [0.3, 0.4) is 0 Å². The van der Waals surface area contributed by atoms with Gasteiger partial charge in [0.2, 0.25) is 5.91 Å². The second-order valence-electron chi connectivity index (χ2n) is 6.28. The first-order valence-electron chi connectivity index (χ1n) is 9.05. The Labute approximate surface area is 173 Å². The lowest BCUT2D eigenvalue weighted by Crippen LogP contribution is -2.37. The molecule has 0 fully saturated rings. The third kappa shape index (κ3) is 5.36. The summed E-state index contributed by atoms with van der Waals surface area (Å²) in [5.74, 6) is -1.23. The van der Waals surface area contributed by atoms with Crippen LogP contribution >= 0.6 is 11.6 Å². The molecule has 29 heavy (non-hydrogen) atoms. The van der Waals surface area contributed by atoms with E-state index in [9.17, 15) is 14.4 Å². The molecule has 2 amide bonds. The quantitative estimate of drug-likeness (QED) is 0.707. The number of nitrogens with zero attached hydrogens (tertiary/aromatic N) is 1. The van der Waals surface area contributed by atoms with Crippen LogP contribution in [0.2, 0.25) is 5.02 Å². The van der Waals surface area contributed by atoms with Gasteiger partial charge in [0.15, 0.2) is 0 Å². The second-order valence-corrected chi connectivity index (χ2v) is 6.71. The van der Waals surface area contributed by atoms with Crippen molar-refractivity contribution in [2.45, 2.75) is 13.3 Å². The highest BCUT2D eigenvalue weighted by Crippen LogP contribution is 2.30. The fourth-order valence-corrected chi connectivity index (χ4v) is 3.10. The van der Waals surface area contributed by atoms with E-state index in [4.69, 9.17) is 16.3 Å². The smallest absolute Gasteiger partial charge is 0.311 e. The Kier molecular flexibility index (Phi) is 6.51. The van der Waals surface area contributed by atoms with E-state index in [0.29, 0.717) is 27.8 Å². The third-order valence-electron chi connectivity index (χ3n) is 4.10. The minimum atomic E-state index is -0.441. The summed E-state index contributed by atoms with van der Waals surface area (Å²) in [7, 11) is 0. The zero-order chi connectivity index (χ0) is 20.8. The molecule has 2 aromatic rings. The van der Waals surface area contributed by atoms with Crippen molar-refractivity contribution in [3.05, 3.63) is 65.3 Å². The zero-order valence-electron chi connectivity index (χ0n) is 15.8. The van der Waals surface area contributed by atoms with Crippen LogP contribution < -0.4 is 15.5 Å². The van der Waals surface area contributed by atoms with Crippen molar-refractivity contribution in [2.75, 3.05) is 28.7 Å². The Morgan fingerprint density at radius 3 is 2.72 bits per heavy atom. The van der Waals surface area contributed by atoms with E-state index in [2.05, 4.69) is 10.6 Å². The van der Waals surface area contributed by atoms with Crippen molar-refractivity contribution in [2.24, 2.45) is 0 Å². The maximum atomic E-state index is 12.8. The first-order chi connectivity index (χ1) is 14.0. The highest BCUT2D eigenvalue weighted by Gasteiger charge is 2.25. The van der Waals surface area contributed by atoms with Gasteiger partial charge in [0.25, 0.3) is 5.91 Å². The average Bonchev–Trinajstić information content (AvgIpc) is 2.78. The molecule has 0 bridgehead atoms. The number of rotatable bonds is 6. The van der Waals surface area contributed by atoms with Crippen molar-refractivity contribution in [3.63, 3.8) is 0 Å². The number of esters is 1. The van der Waals surface area contributed by atoms with Gasteiger partial charge in [-0.05, 0) is 37.3 Å². The lowest BCUT2D eigenvalue weighted by atomic mass is 10.2. The lowest BCUT2D eigenvalue weighted by Gasteiger charge is -2.21. The Bertz CT molecular complexity index is 974. The van der Waals surface area contributed by atoms with E-state index < -0.39 is 11.9 Å². The highest BCUT2D eigenvalue weighted by molar-refractivity contribution is 6.30. The fraction of sp³-hybridized carbons (Fsp3) is 0.190. The molecule has 1 aliphatic rings. The molecule has 150 valence electrons. The van der Waals surface area contributed by atoms with Crippen LogP contribution in [0.25, 0.3) is 0 Å². The average molecular weight is 414 g/mol. The van der Waals surface area contributed by atoms with Crippen LogP contribution in [0.1, 0.15) is 13.3 Å². The van der Waals surface area contributed by atoms with E-state index in [0.717, 1.165) is 0 Å². The molecule has 1 heterocycles. The van der Waals surface area contributed by atoms with Gasteiger partial charge in [-0.1, -0.05) is 29.8 Å². The van der Waals surface area contributed by atoms with Gasteiger partial charge in [-0.15, -0.1) is 0 Å². The van der Waals surface area contributed by atoms with Crippen molar-refractivity contribution < 1.29 is 19.1 Å². The molecule has 0 aliphatic carbocycles. The monoisotopic (exact) mass is 413 g/mol. The molecule has 0 radical (unpaired) electrons. The van der Waals surface area contributed by atoms with Crippen LogP contribution in [0.15, 0.2) is 60.3 Å². The Hall–Kier alpha value is -3.32. The topological polar surface area (TPSA) is 87.7 Å². The summed E-state index contributed by atoms with van der Waals surface area (Å²) in [5, 5.41) is 6.31. The van der Waals surface area contributed by atoms with Crippen LogP contribution in [0, 0.1) is 0 Å². The standard InChI is InChI=1S/C21H20ClN3O4/c1-2-29-21(28)12-16-11-20(27)25(18-9-4-3-8-17(18)23-16)13-19(26)24-15-7-5-6-14(22)10-15/h3-11,23H,2,12-13H2,1H3,(H,24,26). The number of amides is 2. The van der Waals surface area contributed by atoms with Crippen molar-refractivity contribution >= 4 is 46.4 Å². The zero-order valence-corrected chi connectivity index (χ0v) is 16.5. The van der Waals surface area contributed by atoms with Gasteiger partial charge in [0.05, 0.1) is 24.4 Å². The number of fused-ring (bicyclic) bond motifs is 1. The molecule has 7 nitrogen and oxygen atoms in total. The molecule has 1 aliphatic heterocycles. The number of para-hydroxylation sites is 2. The minimum Gasteiger partial charge on any atom is -0.466 e. The maximum Gasteiger partial charge on any atom is 0.311 e. The number of carbonyl (C=O) groups is 3. The van der Waals surface area contributed by atoms with Crippen molar-refractivity contribution in [3.8, 4) is 0 Å². The fourth-order valence-electron chi connectivity index (χ4n) is 2.91. The number of hydrogen-bond donors (Lipinski definition) is 2. The molecule has 0 saturated carbocycles. The van der Waals surface area contributed by atoms with Crippen LogP contribution in [0.5, 0.6) is 0 Å². The summed E-state index contributed by atoms with van der Waals surface area (Å²) in [6.07, 6.45) is 1.24. The molecule has 0 unspecified atom stereocenters.